The lowest BCUT2D eigenvalue weighted by Gasteiger charge is -2.34. The van der Waals surface area contributed by atoms with Crippen molar-refractivity contribution in [1.29, 1.82) is 0 Å². The number of hydrogen-bond donors (Lipinski definition) is 1. The highest BCUT2D eigenvalue weighted by Gasteiger charge is 2.26. The van der Waals surface area contributed by atoms with E-state index in [1.807, 2.05) is 38.1 Å². The zero-order chi connectivity index (χ0) is 22.2. The quantitative estimate of drug-likeness (QED) is 0.660. The van der Waals surface area contributed by atoms with E-state index in [-0.39, 0.29) is 17.9 Å². The summed E-state index contributed by atoms with van der Waals surface area (Å²) >= 11 is 0. The van der Waals surface area contributed by atoms with Crippen LogP contribution in [0.3, 0.4) is 0 Å². The number of nitrogens with one attached hydrogen (secondary N) is 1. The topological polar surface area (TPSA) is 61.2 Å². The predicted octanol–water partition coefficient (Wildman–Crippen LogP) is 2.87. The summed E-state index contributed by atoms with van der Waals surface area (Å²) < 4.78 is 24.6. The predicted molar refractivity (Wildman–Crippen MR) is 117 cm³/mol. The van der Waals surface area contributed by atoms with Crippen LogP contribution >= 0.6 is 0 Å². The first-order valence-electron chi connectivity index (χ1n) is 10.7. The monoisotopic (exact) mass is 432 g/mol. The van der Waals surface area contributed by atoms with Gasteiger partial charge in [-0.2, -0.15) is 0 Å². The standard InChI is InChI=1S/C23H33FN4O3/c1-18-4-9-22(31-18)21(27-12-14-30-15-13-27)16-25-23(29)28(11-10-26(2)3)17-19-5-7-20(24)8-6-19/h4-9,21H,10-17H2,1-3H3,(H,25,29). The molecule has 31 heavy (non-hydrogen) atoms. The summed E-state index contributed by atoms with van der Waals surface area (Å²) in [5.74, 6) is 1.41. The number of furan rings is 1. The number of halogens is 1. The third-order valence-electron chi connectivity index (χ3n) is 5.41. The maximum Gasteiger partial charge on any atom is 0.317 e. The smallest absolute Gasteiger partial charge is 0.317 e. The summed E-state index contributed by atoms with van der Waals surface area (Å²) in [6.07, 6.45) is 0. The van der Waals surface area contributed by atoms with Crippen LogP contribution in [0.2, 0.25) is 0 Å². The van der Waals surface area contributed by atoms with Crippen LogP contribution in [0.15, 0.2) is 40.8 Å². The van der Waals surface area contributed by atoms with Gasteiger partial charge in [-0.3, -0.25) is 4.90 Å². The van der Waals surface area contributed by atoms with Crippen molar-refractivity contribution in [2.24, 2.45) is 0 Å². The van der Waals surface area contributed by atoms with Crippen LogP contribution < -0.4 is 5.32 Å². The molecular weight excluding hydrogens is 399 g/mol. The molecule has 2 amide bonds. The second kappa shape index (κ2) is 11.3. The van der Waals surface area contributed by atoms with Crippen molar-refractivity contribution in [3.63, 3.8) is 0 Å². The summed E-state index contributed by atoms with van der Waals surface area (Å²) in [6, 6.07) is 10.00. The fraction of sp³-hybridized carbons (Fsp3) is 0.522. The van der Waals surface area contributed by atoms with Gasteiger partial charge in [0.25, 0.3) is 0 Å². The number of carbonyl (C=O) groups excluding carboxylic acids is 1. The molecule has 2 heterocycles. The highest BCUT2D eigenvalue weighted by Crippen LogP contribution is 2.23. The van der Waals surface area contributed by atoms with Gasteiger partial charge in [0, 0.05) is 39.3 Å². The third kappa shape index (κ3) is 7.05. The highest BCUT2D eigenvalue weighted by atomic mass is 19.1. The molecule has 1 saturated heterocycles. The highest BCUT2D eigenvalue weighted by molar-refractivity contribution is 5.74. The minimum atomic E-state index is -0.282. The number of rotatable bonds is 9. The Labute approximate surface area is 183 Å². The fourth-order valence-corrected chi connectivity index (χ4v) is 3.61. The number of amides is 2. The summed E-state index contributed by atoms with van der Waals surface area (Å²) in [7, 11) is 3.95. The number of nitrogens with zero attached hydrogens (tertiary/aromatic N) is 3. The molecule has 1 unspecified atom stereocenters. The molecule has 0 bridgehead atoms. The third-order valence-corrected chi connectivity index (χ3v) is 5.41. The molecule has 1 atom stereocenters. The number of ether oxygens (including phenoxy) is 1. The molecule has 0 radical (unpaired) electrons. The van der Waals surface area contributed by atoms with E-state index in [1.165, 1.54) is 12.1 Å². The summed E-state index contributed by atoms with van der Waals surface area (Å²) in [5, 5.41) is 3.10. The number of urea groups is 1. The van der Waals surface area contributed by atoms with Crippen LogP contribution in [-0.4, -0.2) is 80.8 Å². The molecule has 2 aromatic rings. The Kier molecular flexibility index (Phi) is 8.45. The van der Waals surface area contributed by atoms with E-state index < -0.39 is 0 Å². The first kappa shape index (κ1) is 23.2. The molecule has 1 aliphatic heterocycles. The SMILES string of the molecule is Cc1ccc(C(CNC(=O)N(CCN(C)C)Cc2ccc(F)cc2)N2CCOCC2)o1. The van der Waals surface area contributed by atoms with E-state index in [1.54, 1.807) is 17.0 Å². The van der Waals surface area contributed by atoms with Crippen LogP contribution in [0, 0.1) is 12.7 Å². The van der Waals surface area contributed by atoms with E-state index in [9.17, 15) is 9.18 Å². The summed E-state index contributed by atoms with van der Waals surface area (Å²) in [4.78, 5) is 19.2. The molecule has 1 aromatic carbocycles. The van der Waals surface area contributed by atoms with Gasteiger partial charge in [-0.1, -0.05) is 12.1 Å². The van der Waals surface area contributed by atoms with Crippen molar-refractivity contribution >= 4 is 6.03 Å². The Morgan fingerprint density at radius 1 is 1.13 bits per heavy atom. The molecule has 0 aliphatic carbocycles. The lowest BCUT2D eigenvalue weighted by molar-refractivity contribution is 0.0119. The lowest BCUT2D eigenvalue weighted by atomic mass is 10.1. The Morgan fingerprint density at radius 3 is 2.45 bits per heavy atom. The van der Waals surface area contributed by atoms with Crippen molar-refractivity contribution in [2.75, 3.05) is 60.0 Å². The second-order valence-electron chi connectivity index (χ2n) is 8.15. The van der Waals surface area contributed by atoms with Gasteiger partial charge in [-0.15, -0.1) is 0 Å². The van der Waals surface area contributed by atoms with Crippen LogP contribution in [0.5, 0.6) is 0 Å². The lowest BCUT2D eigenvalue weighted by Crippen LogP contribution is -2.47. The molecule has 3 rings (SSSR count). The number of benzene rings is 1. The van der Waals surface area contributed by atoms with E-state index in [4.69, 9.17) is 9.15 Å². The zero-order valence-electron chi connectivity index (χ0n) is 18.6. The first-order valence-corrected chi connectivity index (χ1v) is 10.7. The number of aryl methyl sites for hydroxylation is 1. The molecule has 7 nitrogen and oxygen atoms in total. The van der Waals surface area contributed by atoms with Gasteiger partial charge in [0.05, 0.1) is 19.3 Å². The number of hydrogen-bond acceptors (Lipinski definition) is 5. The van der Waals surface area contributed by atoms with E-state index in [0.717, 1.165) is 36.7 Å². The van der Waals surface area contributed by atoms with Gasteiger partial charge in [0.1, 0.15) is 17.3 Å². The molecule has 1 fully saturated rings. The maximum atomic E-state index is 13.3. The number of morpholine rings is 1. The molecule has 1 aliphatic rings. The van der Waals surface area contributed by atoms with Gasteiger partial charge in [0.15, 0.2) is 0 Å². The number of likely N-dealkylation sites (N-methyl/N-ethyl adjacent to an activating group) is 1. The average molecular weight is 433 g/mol. The van der Waals surface area contributed by atoms with Crippen molar-refractivity contribution in [3.05, 3.63) is 59.3 Å². The Balaban J connectivity index is 1.67. The van der Waals surface area contributed by atoms with Crippen molar-refractivity contribution in [3.8, 4) is 0 Å². The molecule has 0 spiro atoms. The van der Waals surface area contributed by atoms with Crippen molar-refractivity contribution in [2.45, 2.75) is 19.5 Å². The minimum absolute atomic E-state index is 0.0527. The van der Waals surface area contributed by atoms with E-state index in [0.29, 0.717) is 32.8 Å². The largest absolute Gasteiger partial charge is 0.465 e. The van der Waals surface area contributed by atoms with Gasteiger partial charge in [-0.05, 0) is 50.8 Å². The normalized spacial score (nSPS) is 15.8. The first-order chi connectivity index (χ1) is 14.9. The summed E-state index contributed by atoms with van der Waals surface area (Å²) in [6.45, 7) is 7.00. The van der Waals surface area contributed by atoms with Crippen LogP contribution in [-0.2, 0) is 11.3 Å². The molecule has 8 heteroatoms. The minimum Gasteiger partial charge on any atom is -0.465 e. The van der Waals surface area contributed by atoms with Gasteiger partial charge >= 0.3 is 6.03 Å². The maximum absolute atomic E-state index is 13.3. The molecule has 0 saturated carbocycles. The van der Waals surface area contributed by atoms with Crippen LogP contribution in [0.1, 0.15) is 23.1 Å². The van der Waals surface area contributed by atoms with Gasteiger partial charge in [0.2, 0.25) is 0 Å². The van der Waals surface area contributed by atoms with Gasteiger partial charge in [-0.25, -0.2) is 9.18 Å². The summed E-state index contributed by atoms with van der Waals surface area (Å²) in [5.41, 5.74) is 0.890. The Bertz CT molecular complexity index is 818. The molecule has 170 valence electrons. The fourth-order valence-electron chi connectivity index (χ4n) is 3.61. The van der Waals surface area contributed by atoms with Crippen LogP contribution in [0.25, 0.3) is 0 Å². The van der Waals surface area contributed by atoms with E-state index in [2.05, 4.69) is 10.2 Å². The Morgan fingerprint density at radius 2 is 1.84 bits per heavy atom. The number of carbonyl (C=O) groups is 1. The zero-order valence-corrected chi connectivity index (χ0v) is 18.6. The van der Waals surface area contributed by atoms with E-state index >= 15 is 0 Å². The second-order valence-corrected chi connectivity index (χ2v) is 8.15. The molecule has 1 N–H and O–H groups in total. The Hall–Kier alpha value is -2.42. The molecular formula is C23H33FN4O3. The van der Waals surface area contributed by atoms with Gasteiger partial charge < -0.3 is 24.3 Å². The van der Waals surface area contributed by atoms with Crippen molar-refractivity contribution in [1.82, 2.24) is 20.0 Å². The average Bonchev–Trinajstić information content (AvgIpc) is 3.19. The van der Waals surface area contributed by atoms with Crippen LogP contribution in [0.4, 0.5) is 9.18 Å². The molecule has 1 aromatic heterocycles. The van der Waals surface area contributed by atoms with Crippen molar-refractivity contribution < 1.29 is 18.3 Å².